The Morgan fingerprint density at radius 1 is 1.00 bits per heavy atom. The second kappa shape index (κ2) is 3.38. The number of anilines is 1. The van der Waals surface area contributed by atoms with E-state index < -0.39 is 0 Å². The molecule has 0 atom stereocenters. The first-order valence-corrected chi connectivity index (χ1v) is 5.04. The average molecular weight is 210 g/mol. The molecule has 0 saturated carbocycles. The summed E-state index contributed by atoms with van der Waals surface area (Å²) < 4.78 is 5.34. The van der Waals surface area contributed by atoms with Gasteiger partial charge in [0.1, 0.15) is 0 Å². The molecule has 0 bridgehead atoms. The first-order valence-electron chi connectivity index (χ1n) is 5.04. The molecule has 16 heavy (non-hydrogen) atoms. The summed E-state index contributed by atoms with van der Waals surface area (Å²) in [5.41, 5.74) is 6.50. The monoisotopic (exact) mass is 210 g/mol. The van der Waals surface area contributed by atoms with Gasteiger partial charge in [-0.2, -0.15) is 0 Å². The standard InChI is InChI=1S/C13H10N2O/c14-13-15-8-12(16-13)11-7-3-5-9-4-1-2-6-10(9)11/h1-8H,(H2,14,15). The zero-order valence-electron chi connectivity index (χ0n) is 8.55. The fourth-order valence-corrected chi connectivity index (χ4v) is 1.85. The quantitative estimate of drug-likeness (QED) is 0.671. The van der Waals surface area contributed by atoms with Crippen molar-refractivity contribution < 1.29 is 4.42 Å². The number of hydrogen-bond acceptors (Lipinski definition) is 3. The summed E-state index contributed by atoms with van der Waals surface area (Å²) in [6.07, 6.45) is 1.65. The van der Waals surface area contributed by atoms with E-state index in [2.05, 4.69) is 23.2 Å². The Morgan fingerprint density at radius 2 is 1.81 bits per heavy atom. The normalized spacial score (nSPS) is 10.8. The Labute approximate surface area is 92.5 Å². The van der Waals surface area contributed by atoms with Crippen LogP contribution in [0.4, 0.5) is 6.01 Å². The minimum absolute atomic E-state index is 0.197. The van der Waals surface area contributed by atoms with Crippen molar-refractivity contribution in [3.05, 3.63) is 48.7 Å². The van der Waals surface area contributed by atoms with Crippen LogP contribution in [0.5, 0.6) is 0 Å². The van der Waals surface area contributed by atoms with Crippen LogP contribution in [-0.4, -0.2) is 4.98 Å². The predicted octanol–water partition coefficient (Wildman–Crippen LogP) is 3.08. The first-order chi connectivity index (χ1) is 7.84. The molecule has 0 amide bonds. The van der Waals surface area contributed by atoms with Crippen LogP contribution in [0.25, 0.3) is 22.1 Å². The van der Waals surface area contributed by atoms with Crippen molar-refractivity contribution in [2.75, 3.05) is 5.73 Å². The lowest BCUT2D eigenvalue weighted by Gasteiger charge is -2.02. The number of benzene rings is 2. The van der Waals surface area contributed by atoms with Gasteiger partial charge in [-0.25, -0.2) is 4.98 Å². The molecule has 1 heterocycles. The Hall–Kier alpha value is -2.29. The highest BCUT2D eigenvalue weighted by molar-refractivity contribution is 5.95. The summed E-state index contributed by atoms with van der Waals surface area (Å²) in [5.74, 6) is 0.703. The van der Waals surface area contributed by atoms with Crippen molar-refractivity contribution in [1.29, 1.82) is 0 Å². The second-order valence-corrected chi connectivity index (χ2v) is 3.59. The number of hydrogen-bond donors (Lipinski definition) is 1. The van der Waals surface area contributed by atoms with E-state index in [0.717, 1.165) is 10.9 Å². The maximum Gasteiger partial charge on any atom is 0.292 e. The van der Waals surface area contributed by atoms with Gasteiger partial charge < -0.3 is 10.2 Å². The van der Waals surface area contributed by atoms with Crippen LogP contribution < -0.4 is 5.73 Å². The molecule has 3 heteroatoms. The molecule has 78 valence electrons. The smallest absolute Gasteiger partial charge is 0.292 e. The van der Waals surface area contributed by atoms with Crippen LogP contribution in [-0.2, 0) is 0 Å². The van der Waals surface area contributed by atoms with E-state index in [1.165, 1.54) is 5.39 Å². The van der Waals surface area contributed by atoms with Crippen LogP contribution in [0.2, 0.25) is 0 Å². The number of aromatic nitrogens is 1. The first kappa shape index (κ1) is 8.97. The van der Waals surface area contributed by atoms with E-state index >= 15 is 0 Å². The second-order valence-electron chi connectivity index (χ2n) is 3.59. The van der Waals surface area contributed by atoms with E-state index in [1.54, 1.807) is 6.20 Å². The average Bonchev–Trinajstić information content (AvgIpc) is 2.75. The minimum atomic E-state index is 0.197. The van der Waals surface area contributed by atoms with Crippen molar-refractivity contribution in [2.24, 2.45) is 0 Å². The minimum Gasteiger partial charge on any atom is -0.424 e. The van der Waals surface area contributed by atoms with E-state index in [9.17, 15) is 0 Å². The van der Waals surface area contributed by atoms with E-state index in [0.29, 0.717) is 5.76 Å². The van der Waals surface area contributed by atoms with Gasteiger partial charge >= 0.3 is 0 Å². The lowest BCUT2D eigenvalue weighted by atomic mass is 10.0. The summed E-state index contributed by atoms with van der Waals surface area (Å²) in [4.78, 5) is 3.91. The SMILES string of the molecule is Nc1ncc(-c2cccc3ccccc23)o1. The highest BCUT2D eigenvalue weighted by atomic mass is 16.4. The lowest BCUT2D eigenvalue weighted by molar-refractivity contribution is 0.595. The van der Waals surface area contributed by atoms with Gasteiger partial charge in [0.25, 0.3) is 6.01 Å². The number of nitrogens with zero attached hydrogens (tertiary/aromatic N) is 1. The zero-order valence-corrected chi connectivity index (χ0v) is 8.55. The molecule has 2 aromatic carbocycles. The molecular weight excluding hydrogens is 200 g/mol. The maximum atomic E-state index is 5.48. The van der Waals surface area contributed by atoms with Crippen molar-refractivity contribution >= 4 is 16.8 Å². The Bertz CT molecular complexity index is 638. The van der Waals surface area contributed by atoms with Crippen LogP contribution in [0, 0.1) is 0 Å². The Morgan fingerprint density at radius 3 is 2.62 bits per heavy atom. The van der Waals surface area contributed by atoms with Gasteiger partial charge in [0.05, 0.1) is 6.20 Å². The highest BCUT2D eigenvalue weighted by Gasteiger charge is 2.07. The number of nitrogen functional groups attached to an aromatic ring is 1. The van der Waals surface area contributed by atoms with Crippen LogP contribution >= 0.6 is 0 Å². The van der Waals surface area contributed by atoms with E-state index in [-0.39, 0.29) is 6.01 Å². The molecular formula is C13H10N2O. The molecule has 3 aromatic rings. The van der Waals surface area contributed by atoms with Crippen LogP contribution in [0.1, 0.15) is 0 Å². The molecule has 1 aromatic heterocycles. The predicted molar refractivity (Wildman–Crippen MR) is 63.9 cm³/mol. The summed E-state index contributed by atoms with van der Waals surface area (Å²) in [7, 11) is 0. The van der Waals surface area contributed by atoms with Gasteiger partial charge in [-0.1, -0.05) is 42.5 Å². The molecule has 0 fully saturated rings. The highest BCUT2D eigenvalue weighted by Crippen LogP contribution is 2.29. The fourth-order valence-electron chi connectivity index (χ4n) is 1.85. The van der Waals surface area contributed by atoms with Gasteiger partial charge in [0.2, 0.25) is 0 Å². The Kier molecular flexibility index (Phi) is 1.90. The van der Waals surface area contributed by atoms with Crippen molar-refractivity contribution in [3.8, 4) is 11.3 Å². The summed E-state index contributed by atoms with van der Waals surface area (Å²) in [5, 5.41) is 2.32. The zero-order chi connectivity index (χ0) is 11.0. The lowest BCUT2D eigenvalue weighted by Crippen LogP contribution is -1.80. The fraction of sp³-hybridized carbons (Fsp3) is 0. The van der Waals surface area contributed by atoms with Gasteiger partial charge in [-0.05, 0) is 10.8 Å². The third-order valence-electron chi connectivity index (χ3n) is 2.58. The summed E-state index contributed by atoms with van der Waals surface area (Å²) in [6, 6.07) is 14.4. The maximum absolute atomic E-state index is 5.48. The topological polar surface area (TPSA) is 52.0 Å². The molecule has 3 nitrogen and oxygen atoms in total. The molecule has 0 aliphatic rings. The van der Waals surface area contributed by atoms with Crippen molar-refractivity contribution in [2.45, 2.75) is 0 Å². The molecule has 0 aliphatic carbocycles. The van der Waals surface area contributed by atoms with Gasteiger partial charge in [-0.3, -0.25) is 0 Å². The number of oxazole rings is 1. The molecule has 0 unspecified atom stereocenters. The largest absolute Gasteiger partial charge is 0.424 e. The summed E-state index contributed by atoms with van der Waals surface area (Å²) in [6.45, 7) is 0. The number of fused-ring (bicyclic) bond motifs is 1. The number of rotatable bonds is 1. The molecule has 2 N–H and O–H groups in total. The third kappa shape index (κ3) is 1.34. The molecule has 0 radical (unpaired) electrons. The van der Waals surface area contributed by atoms with E-state index in [4.69, 9.17) is 10.2 Å². The third-order valence-corrected chi connectivity index (χ3v) is 2.58. The number of nitrogens with two attached hydrogens (primary N) is 1. The van der Waals surface area contributed by atoms with Gasteiger partial charge in [0.15, 0.2) is 5.76 Å². The van der Waals surface area contributed by atoms with Crippen molar-refractivity contribution in [1.82, 2.24) is 4.98 Å². The Balaban J connectivity index is 2.31. The molecule has 3 rings (SSSR count). The molecule has 0 spiro atoms. The van der Waals surface area contributed by atoms with Gasteiger partial charge in [-0.15, -0.1) is 0 Å². The van der Waals surface area contributed by atoms with Gasteiger partial charge in [0, 0.05) is 5.56 Å². The van der Waals surface area contributed by atoms with Crippen molar-refractivity contribution in [3.63, 3.8) is 0 Å². The summed E-state index contributed by atoms with van der Waals surface area (Å²) >= 11 is 0. The molecule has 0 aliphatic heterocycles. The van der Waals surface area contributed by atoms with E-state index in [1.807, 2.05) is 24.3 Å². The van der Waals surface area contributed by atoms with Crippen LogP contribution in [0.3, 0.4) is 0 Å². The van der Waals surface area contributed by atoms with Crippen LogP contribution in [0.15, 0.2) is 53.1 Å². The molecule has 0 saturated heterocycles.